The Labute approximate surface area is 180 Å². The second-order valence-corrected chi connectivity index (χ2v) is 8.23. The first-order valence-electron chi connectivity index (χ1n) is 9.89. The molecule has 0 unspecified atom stereocenters. The zero-order chi connectivity index (χ0) is 23.0. The van der Waals surface area contributed by atoms with Crippen molar-refractivity contribution >= 4 is 5.91 Å². The van der Waals surface area contributed by atoms with Crippen molar-refractivity contribution in [2.75, 3.05) is 26.4 Å². The van der Waals surface area contributed by atoms with E-state index in [0.29, 0.717) is 30.7 Å². The number of rotatable bonds is 10. The lowest BCUT2D eigenvalue weighted by atomic mass is 9.39. The Hall–Kier alpha value is -2.89. The molecule has 12 heteroatoms. The topological polar surface area (TPSA) is 95.7 Å². The summed E-state index contributed by atoms with van der Waals surface area (Å²) in [6.45, 7) is -0.373. The van der Waals surface area contributed by atoms with Gasteiger partial charge in [0.1, 0.15) is 24.8 Å². The number of halogens is 4. The van der Waals surface area contributed by atoms with Gasteiger partial charge in [0.15, 0.2) is 6.61 Å². The fourth-order valence-corrected chi connectivity index (χ4v) is 4.15. The van der Waals surface area contributed by atoms with Gasteiger partial charge in [-0.05, 0) is 37.8 Å². The summed E-state index contributed by atoms with van der Waals surface area (Å²) in [7, 11) is 0. The largest absolute Gasteiger partial charge is 0.484 e. The molecule has 2 bridgehead atoms. The number of nitrogens with one attached hydrogen (secondary N) is 1. The molecular formula is C20H21F4N3O5. The summed E-state index contributed by atoms with van der Waals surface area (Å²) < 4.78 is 69.9. The smallest absolute Gasteiger partial charge is 0.414 e. The number of nitrogens with zero attached hydrogens (tertiary/aromatic N) is 2. The van der Waals surface area contributed by atoms with Crippen LogP contribution in [0.3, 0.4) is 0 Å². The third-order valence-corrected chi connectivity index (χ3v) is 5.53. The zero-order valence-electron chi connectivity index (χ0n) is 17.1. The molecule has 0 spiro atoms. The lowest BCUT2D eigenvalue weighted by molar-refractivity contribution is -0.175. The Balaban J connectivity index is 1.18. The number of aromatic nitrogens is 2. The molecule has 1 amide bonds. The Morgan fingerprint density at radius 1 is 1.19 bits per heavy atom. The van der Waals surface area contributed by atoms with Gasteiger partial charge in [-0.3, -0.25) is 4.79 Å². The van der Waals surface area contributed by atoms with Gasteiger partial charge >= 0.3 is 12.3 Å². The average Bonchev–Trinajstić information content (AvgIpc) is 3.12. The SMILES string of the molecule is Cc1ccc(OCC(=O)NC23CC(c4nnc(OCCOCC(F)(F)F)o4)(C2)C3)cc1F. The molecule has 0 saturated heterocycles. The van der Waals surface area contributed by atoms with E-state index in [1.807, 2.05) is 0 Å². The van der Waals surface area contributed by atoms with E-state index in [-0.39, 0.29) is 48.5 Å². The van der Waals surface area contributed by atoms with Crippen molar-refractivity contribution in [3.63, 3.8) is 0 Å². The first-order valence-corrected chi connectivity index (χ1v) is 9.89. The van der Waals surface area contributed by atoms with E-state index in [9.17, 15) is 22.4 Å². The van der Waals surface area contributed by atoms with Crippen LogP contribution in [0.2, 0.25) is 0 Å². The average molecular weight is 459 g/mol. The molecule has 3 aliphatic rings. The van der Waals surface area contributed by atoms with Gasteiger partial charge < -0.3 is 23.9 Å². The molecule has 0 atom stereocenters. The standard InChI is InChI=1S/C20H21F4N3O5/c1-12-2-3-13(6-14(12)21)31-7-15(28)25-19-8-18(9-19,10-19)16-26-27-17(32-16)30-5-4-29-11-20(22,23)24/h2-3,6H,4-5,7-11H2,1H3,(H,25,28). The molecule has 1 heterocycles. The third kappa shape index (κ3) is 4.79. The van der Waals surface area contributed by atoms with Crippen LogP contribution in [0.25, 0.3) is 0 Å². The molecule has 32 heavy (non-hydrogen) atoms. The predicted octanol–water partition coefficient (Wildman–Crippen LogP) is 2.84. The van der Waals surface area contributed by atoms with Gasteiger partial charge in [-0.25, -0.2) is 4.39 Å². The van der Waals surface area contributed by atoms with Crippen molar-refractivity contribution in [2.24, 2.45) is 0 Å². The molecule has 3 saturated carbocycles. The second kappa shape index (κ2) is 8.23. The van der Waals surface area contributed by atoms with Crippen LogP contribution in [0.1, 0.15) is 30.7 Å². The molecule has 0 aliphatic heterocycles. The van der Waals surface area contributed by atoms with Crippen LogP contribution < -0.4 is 14.8 Å². The Morgan fingerprint density at radius 3 is 2.62 bits per heavy atom. The van der Waals surface area contributed by atoms with Gasteiger partial charge in [0.05, 0.1) is 12.0 Å². The van der Waals surface area contributed by atoms with Crippen molar-refractivity contribution in [3.05, 3.63) is 35.5 Å². The van der Waals surface area contributed by atoms with Crippen LogP contribution >= 0.6 is 0 Å². The van der Waals surface area contributed by atoms with E-state index in [2.05, 4.69) is 20.3 Å². The van der Waals surface area contributed by atoms with Crippen LogP contribution in [0, 0.1) is 12.7 Å². The van der Waals surface area contributed by atoms with E-state index >= 15 is 0 Å². The van der Waals surface area contributed by atoms with Gasteiger partial charge in [0, 0.05) is 11.6 Å². The molecule has 1 aromatic carbocycles. The Kier molecular flexibility index (Phi) is 5.74. The molecule has 1 aromatic heterocycles. The van der Waals surface area contributed by atoms with Gasteiger partial charge in [-0.15, -0.1) is 5.10 Å². The van der Waals surface area contributed by atoms with Crippen molar-refractivity contribution in [1.29, 1.82) is 0 Å². The summed E-state index contributed by atoms with van der Waals surface area (Å²) in [6, 6.07) is 4.40. The lowest BCUT2D eigenvalue weighted by Gasteiger charge is -2.68. The van der Waals surface area contributed by atoms with E-state index < -0.39 is 18.6 Å². The number of carbonyl (C=O) groups excluding carboxylic acids is 1. The number of hydrogen-bond donors (Lipinski definition) is 1. The van der Waals surface area contributed by atoms with Crippen LogP contribution in [0.15, 0.2) is 22.6 Å². The van der Waals surface area contributed by atoms with Crippen LogP contribution in [-0.2, 0) is 14.9 Å². The van der Waals surface area contributed by atoms with Crippen molar-refractivity contribution < 1.29 is 41.0 Å². The van der Waals surface area contributed by atoms with Crippen molar-refractivity contribution in [2.45, 2.75) is 43.3 Å². The van der Waals surface area contributed by atoms with Crippen LogP contribution in [-0.4, -0.2) is 54.2 Å². The summed E-state index contributed by atoms with van der Waals surface area (Å²) in [5.41, 5.74) is -0.208. The maximum absolute atomic E-state index is 13.5. The number of ether oxygens (including phenoxy) is 3. The number of hydrogen-bond acceptors (Lipinski definition) is 7. The van der Waals surface area contributed by atoms with Crippen LogP contribution in [0.4, 0.5) is 17.6 Å². The molecule has 3 fully saturated rings. The minimum Gasteiger partial charge on any atom is -0.484 e. The minimum atomic E-state index is -4.39. The molecule has 0 radical (unpaired) electrons. The molecule has 1 N–H and O–H groups in total. The molecule has 2 aromatic rings. The highest BCUT2D eigenvalue weighted by Gasteiger charge is 2.71. The Bertz CT molecular complexity index is 974. The molecule has 174 valence electrons. The van der Waals surface area contributed by atoms with E-state index in [0.717, 1.165) is 0 Å². The highest BCUT2D eigenvalue weighted by Crippen LogP contribution is 2.67. The lowest BCUT2D eigenvalue weighted by Crippen LogP contribution is -2.77. The van der Waals surface area contributed by atoms with Gasteiger partial charge in [0.2, 0.25) is 5.89 Å². The summed E-state index contributed by atoms with van der Waals surface area (Å²) in [5.74, 6) is -0.0700. The summed E-state index contributed by atoms with van der Waals surface area (Å²) >= 11 is 0. The number of carbonyl (C=O) groups is 1. The fraction of sp³-hybridized carbons (Fsp3) is 0.550. The van der Waals surface area contributed by atoms with Gasteiger partial charge in [0.25, 0.3) is 5.91 Å². The second-order valence-electron chi connectivity index (χ2n) is 8.23. The summed E-state index contributed by atoms with van der Waals surface area (Å²) in [4.78, 5) is 12.2. The predicted molar refractivity (Wildman–Crippen MR) is 99.7 cm³/mol. The minimum absolute atomic E-state index is 0.142. The van der Waals surface area contributed by atoms with Gasteiger partial charge in [-0.1, -0.05) is 11.2 Å². The maximum Gasteiger partial charge on any atom is 0.414 e. The number of aryl methyl sites for hydroxylation is 1. The van der Waals surface area contributed by atoms with E-state index in [1.165, 1.54) is 6.07 Å². The molecule has 3 aliphatic carbocycles. The number of alkyl halides is 3. The first kappa shape index (κ1) is 22.3. The van der Waals surface area contributed by atoms with Gasteiger partial charge in [-0.2, -0.15) is 13.2 Å². The zero-order valence-corrected chi connectivity index (χ0v) is 17.1. The van der Waals surface area contributed by atoms with Crippen molar-refractivity contribution in [3.8, 4) is 11.8 Å². The quantitative estimate of drug-likeness (QED) is 0.431. The number of benzene rings is 1. The highest BCUT2D eigenvalue weighted by atomic mass is 19.4. The monoisotopic (exact) mass is 459 g/mol. The van der Waals surface area contributed by atoms with E-state index in [4.69, 9.17) is 13.9 Å². The normalized spacial score (nSPS) is 23.8. The highest BCUT2D eigenvalue weighted by molar-refractivity contribution is 5.79. The maximum atomic E-state index is 13.5. The number of amides is 1. The van der Waals surface area contributed by atoms with Crippen LogP contribution in [0.5, 0.6) is 11.8 Å². The Morgan fingerprint density at radius 2 is 1.94 bits per heavy atom. The summed E-state index contributed by atoms with van der Waals surface area (Å²) in [5, 5.41) is 10.6. The molecule has 8 nitrogen and oxygen atoms in total. The van der Waals surface area contributed by atoms with Crippen molar-refractivity contribution in [1.82, 2.24) is 15.5 Å². The summed E-state index contributed by atoms with van der Waals surface area (Å²) in [6.07, 6.45) is -2.70. The fourth-order valence-electron chi connectivity index (χ4n) is 4.15. The van der Waals surface area contributed by atoms with E-state index in [1.54, 1.807) is 19.1 Å². The molecule has 5 rings (SSSR count). The third-order valence-electron chi connectivity index (χ3n) is 5.53. The molecular weight excluding hydrogens is 438 g/mol. The first-order chi connectivity index (χ1) is 15.1.